The van der Waals surface area contributed by atoms with Gasteiger partial charge in [-0.25, -0.2) is 0 Å². The third-order valence-electron chi connectivity index (χ3n) is 5.59. The van der Waals surface area contributed by atoms with Gasteiger partial charge in [0.1, 0.15) is 0 Å². The van der Waals surface area contributed by atoms with Crippen LogP contribution in [-0.4, -0.2) is 46.9 Å². The minimum Gasteiger partial charge on any atom is -0.394 e. The molecule has 0 aliphatic heterocycles. The highest BCUT2D eigenvalue weighted by Gasteiger charge is 2.20. The van der Waals surface area contributed by atoms with Crippen LogP contribution >= 0.6 is 11.3 Å². The van der Waals surface area contributed by atoms with Crippen molar-refractivity contribution in [1.82, 2.24) is 14.9 Å². The Bertz CT molecular complexity index is 958. The molecule has 0 bridgehead atoms. The molecule has 0 unspecified atom stereocenters. The lowest BCUT2D eigenvalue weighted by atomic mass is 9.95. The fourth-order valence-electron chi connectivity index (χ4n) is 4.00. The SMILES string of the molecule is CC(C)n1ccc2c(C(=O)NC3CCCCC3)cc(-c3cncs3)cc21.COCCO. The molecular weight excluding hydrogens is 410 g/mol. The van der Waals surface area contributed by atoms with E-state index in [2.05, 4.69) is 51.8 Å². The van der Waals surface area contributed by atoms with Crippen LogP contribution in [0.2, 0.25) is 0 Å². The molecule has 2 aromatic heterocycles. The molecule has 1 aromatic carbocycles. The van der Waals surface area contributed by atoms with Gasteiger partial charge in [0.15, 0.2) is 0 Å². The maximum Gasteiger partial charge on any atom is 0.252 e. The van der Waals surface area contributed by atoms with Crippen LogP contribution in [0.25, 0.3) is 21.3 Å². The maximum atomic E-state index is 13.1. The van der Waals surface area contributed by atoms with E-state index >= 15 is 0 Å². The van der Waals surface area contributed by atoms with Crippen LogP contribution in [0, 0.1) is 0 Å². The lowest BCUT2D eigenvalue weighted by Crippen LogP contribution is -2.36. The third kappa shape index (κ3) is 5.93. The van der Waals surface area contributed by atoms with E-state index in [-0.39, 0.29) is 12.5 Å². The molecule has 7 heteroatoms. The highest BCUT2D eigenvalue weighted by Crippen LogP contribution is 2.32. The second kappa shape index (κ2) is 11.4. The molecule has 168 valence electrons. The molecule has 2 heterocycles. The number of nitrogens with zero attached hydrogens (tertiary/aromatic N) is 2. The number of hydrogen-bond acceptors (Lipinski definition) is 5. The average molecular weight is 444 g/mol. The summed E-state index contributed by atoms with van der Waals surface area (Å²) < 4.78 is 6.67. The molecule has 1 amide bonds. The van der Waals surface area contributed by atoms with Crippen LogP contribution in [0.3, 0.4) is 0 Å². The summed E-state index contributed by atoms with van der Waals surface area (Å²) in [6.45, 7) is 4.90. The van der Waals surface area contributed by atoms with Crippen LogP contribution in [0.1, 0.15) is 62.4 Å². The summed E-state index contributed by atoms with van der Waals surface area (Å²) in [5, 5.41) is 12.2. The van der Waals surface area contributed by atoms with Gasteiger partial charge in [-0.05, 0) is 50.5 Å². The van der Waals surface area contributed by atoms with Crippen LogP contribution in [0.5, 0.6) is 0 Å². The number of ether oxygens (including phenoxy) is 1. The van der Waals surface area contributed by atoms with Crippen LogP contribution in [-0.2, 0) is 4.74 Å². The number of benzene rings is 1. The molecule has 1 aliphatic rings. The molecule has 1 aliphatic carbocycles. The first-order valence-electron chi connectivity index (χ1n) is 11.0. The van der Waals surface area contributed by atoms with E-state index in [9.17, 15) is 4.79 Å². The summed E-state index contributed by atoms with van der Waals surface area (Å²) in [4.78, 5) is 18.4. The van der Waals surface area contributed by atoms with Gasteiger partial charge in [0, 0.05) is 48.1 Å². The number of fused-ring (bicyclic) bond motifs is 1. The predicted molar refractivity (Wildman–Crippen MR) is 127 cm³/mol. The molecule has 4 rings (SSSR count). The number of aromatic nitrogens is 2. The summed E-state index contributed by atoms with van der Waals surface area (Å²) >= 11 is 1.61. The Morgan fingerprint density at radius 1 is 1.32 bits per heavy atom. The minimum atomic E-state index is 0.0507. The predicted octanol–water partition coefficient (Wildman–Crippen LogP) is 5.03. The molecule has 0 radical (unpaired) electrons. The Hall–Kier alpha value is -2.22. The molecule has 6 nitrogen and oxygen atoms in total. The highest BCUT2D eigenvalue weighted by molar-refractivity contribution is 7.13. The lowest BCUT2D eigenvalue weighted by Gasteiger charge is -2.23. The van der Waals surface area contributed by atoms with E-state index in [0.29, 0.717) is 18.7 Å². The second-order valence-electron chi connectivity index (χ2n) is 8.16. The number of nitrogens with one attached hydrogen (secondary N) is 1. The fourth-order valence-corrected chi connectivity index (χ4v) is 4.61. The number of carbonyl (C=O) groups is 1. The lowest BCUT2D eigenvalue weighted by molar-refractivity contribution is 0.0929. The van der Waals surface area contributed by atoms with Gasteiger partial charge in [0.2, 0.25) is 0 Å². The van der Waals surface area contributed by atoms with Crippen molar-refractivity contribution in [3.63, 3.8) is 0 Å². The van der Waals surface area contributed by atoms with Crippen molar-refractivity contribution in [1.29, 1.82) is 0 Å². The highest BCUT2D eigenvalue weighted by atomic mass is 32.1. The molecule has 0 spiro atoms. The van der Waals surface area contributed by atoms with E-state index in [1.807, 2.05) is 17.8 Å². The minimum absolute atomic E-state index is 0.0507. The monoisotopic (exact) mass is 443 g/mol. The number of thiazole rings is 1. The average Bonchev–Trinajstić information content (AvgIpc) is 3.45. The van der Waals surface area contributed by atoms with Crippen molar-refractivity contribution in [2.75, 3.05) is 20.3 Å². The van der Waals surface area contributed by atoms with E-state index in [4.69, 9.17) is 5.11 Å². The molecule has 0 atom stereocenters. The molecule has 2 N–H and O–H groups in total. The third-order valence-corrected chi connectivity index (χ3v) is 6.41. The normalized spacial score (nSPS) is 14.5. The number of aliphatic hydroxyl groups excluding tert-OH is 1. The van der Waals surface area contributed by atoms with Crippen LogP contribution in [0.15, 0.2) is 36.1 Å². The Morgan fingerprint density at radius 2 is 2.10 bits per heavy atom. The van der Waals surface area contributed by atoms with Crippen molar-refractivity contribution in [2.45, 2.75) is 58.0 Å². The molecule has 0 saturated heterocycles. The van der Waals surface area contributed by atoms with Gasteiger partial charge in [0.05, 0.1) is 23.6 Å². The maximum absolute atomic E-state index is 13.1. The summed E-state index contributed by atoms with van der Waals surface area (Å²) in [5.41, 5.74) is 4.79. The van der Waals surface area contributed by atoms with Crippen molar-refractivity contribution in [3.8, 4) is 10.4 Å². The zero-order chi connectivity index (χ0) is 22.2. The zero-order valence-corrected chi connectivity index (χ0v) is 19.5. The quantitative estimate of drug-likeness (QED) is 0.560. The number of amides is 1. The van der Waals surface area contributed by atoms with Gasteiger partial charge < -0.3 is 19.7 Å². The van der Waals surface area contributed by atoms with Crippen molar-refractivity contribution in [3.05, 3.63) is 41.7 Å². The Morgan fingerprint density at radius 3 is 2.68 bits per heavy atom. The van der Waals surface area contributed by atoms with E-state index in [1.165, 1.54) is 19.3 Å². The molecule has 31 heavy (non-hydrogen) atoms. The molecule has 1 saturated carbocycles. The topological polar surface area (TPSA) is 76.4 Å². The second-order valence-corrected chi connectivity index (χ2v) is 9.05. The smallest absolute Gasteiger partial charge is 0.252 e. The number of hydrogen-bond donors (Lipinski definition) is 2. The van der Waals surface area contributed by atoms with Crippen molar-refractivity contribution < 1.29 is 14.6 Å². The first kappa shape index (κ1) is 23.4. The van der Waals surface area contributed by atoms with Crippen molar-refractivity contribution >= 4 is 28.1 Å². The zero-order valence-electron chi connectivity index (χ0n) is 18.6. The van der Waals surface area contributed by atoms with E-state index < -0.39 is 0 Å². The van der Waals surface area contributed by atoms with Gasteiger partial charge in [-0.1, -0.05) is 19.3 Å². The molecule has 1 fully saturated rings. The van der Waals surface area contributed by atoms with Gasteiger partial charge in [0.25, 0.3) is 5.91 Å². The standard InChI is InChI=1S/C21H25N3OS.C3H8O2/c1-14(2)24-9-8-17-18(21(25)23-16-6-4-3-5-7-16)10-15(11-19(17)24)20-12-22-13-26-20;1-5-3-2-4/h8-14,16H,3-7H2,1-2H3,(H,23,25);4H,2-3H2,1H3. The van der Waals surface area contributed by atoms with Gasteiger partial charge in [-0.3, -0.25) is 9.78 Å². The van der Waals surface area contributed by atoms with Gasteiger partial charge >= 0.3 is 0 Å². The van der Waals surface area contributed by atoms with Gasteiger partial charge in [-0.15, -0.1) is 11.3 Å². The number of rotatable bonds is 6. The fraction of sp³-hybridized carbons (Fsp3) is 0.500. The Kier molecular flexibility index (Phi) is 8.63. The summed E-state index contributed by atoms with van der Waals surface area (Å²) in [5.74, 6) is 0.0507. The first-order chi connectivity index (χ1) is 15.0. The van der Waals surface area contributed by atoms with Crippen molar-refractivity contribution in [2.24, 2.45) is 0 Å². The van der Waals surface area contributed by atoms with E-state index in [1.54, 1.807) is 18.4 Å². The number of aliphatic hydroxyl groups is 1. The summed E-state index contributed by atoms with van der Waals surface area (Å²) in [7, 11) is 1.55. The Labute approximate surface area is 188 Å². The summed E-state index contributed by atoms with van der Waals surface area (Å²) in [6, 6.07) is 6.93. The first-order valence-corrected chi connectivity index (χ1v) is 11.9. The van der Waals surface area contributed by atoms with Gasteiger partial charge in [-0.2, -0.15) is 0 Å². The summed E-state index contributed by atoms with van der Waals surface area (Å²) in [6.07, 6.45) is 9.86. The number of carbonyl (C=O) groups excluding carboxylic acids is 1. The Balaban J connectivity index is 0.000000491. The van der Waals surface area contributed by atoms with Crippen LogP contribution in [0.4, 0.5) is 0 Å². The van der Waals surface area contributed by atoms with Crippen LogP contribution < -0.4 is 5.32 Å². The molecule has 3 aromatic rings. The number of methoxy groups -OCH3 is 1. The largest absolute Gasteiger partial charge is 0.394 e. The molecular formula is C24H33N3O3S. The van der Waals surface area contributed by atoms with E-state index in [0.717, 1.165) is 39.7 Å².